The maximum Gasteiger partial charge on any atom is 0.405 e. The van der Waals surface area contributed by atoms with E-state index in [2.05, 4.69) is 21.3 Å². The van der Waals surface area contributed by atoms with Gasteiger partial charge in [0.2, 0.25) is 23.5 Å². The third kappa shape index (κ3) is 9.30. The average molecular weight is 568 g/mol. The van der Waals surface area contributed by atoms with Crippen molar-refractivity contribution in [2.24, 2.45) is 17.6 Å². The fraction of sp³-hybridized carbons (Fsp3) is 0.448. The fourth-order valence-corrected chi connectivity index (χ4v) is 4.48. The molecule has 1 aliphatic carbocycles. The predicted octanol–water partition coefficient (Wildman–Crippen LogP) is 1.00. The molecule has 5 amide bonds. The maximum atomic E-state index is 13.0. The highest BCUT2D eigenvalue weighted by molar-refractivity contribution is 6.38. The number of rotatable bonds is 15. The molecular formula is C29H37N5O7. The minimum atomic E-state index is -1.36. The highest BCUT2D eigenvalue weighted by Gasteiger charge is 2.35. The summed E-state index contributed by atoms with van der Waals surface area (Å²) in [7, 11) is 0. The molecule has 2 aromatic carbocycles. The summed E-state index contributed by atoms with van der Waals surface area (Å²) < 4.78 is 0. The van der Waals surface area contributed by atoms with Gasteiger partial charge >= 0.3 is 6.09 Å². The Morgan fingerprint density at radius 1 is 0.951 bits per heavy atom. The van der Waals surface area contributed by atoms with Gasteiger partial charge in [0.1, 0.15) is 12.1 Å². The first-order valence-corrected chi connectivity index (χ1v) is 13.7. The van der Waals surface area contributed by atoms with Crippen LogP contribution in [-0.4, -0.2) is 65.3 Å². The van der Waals surface area contributed by atoms with Crippen LogP contribution in [0.3, 0.4) is 0 Å². The molecule has 220 valence electrons. The van der Waals surface area contributed by atoms with Crippen molar-refractivity contribution in [2.75, 3.05) is 6.54 Å². The van der Waals surface area contributed by atoms with Gasteiger partial charge in [0, 0.05) is 6.42 Å². The molecule has 12 heteroatoms. The smallest absolute Gasteiger partial charge is 0.405 e. The van der Waals surface area contributed by atoms with Gasteiger partial charge in [0.15, 0.2) is 0 Å². The van der Waals surface area contributed by atoms with Crippen molar-refractivity contribution in [3.8, 4) is 0 Å². The van der Waals surface area contributed by atoms with Crippen molar-refractivity contribution >= 4 is 46.3 Å². The van der Waals surface area contributed by atoms with E-state index in [1.165, 1.54) is 0 Å². The van der Waals surface area contributed by atoms with E-state index in [0.717, 1.165) is 29.2 Å². The zero-order valence-corrected chi connectivity index (χ0v) is 23.1. The maximum absolute atomic E-state index is 13.0. The molecule has 7 N–H and O–H groups in total. The summed E-state index contributed by atoms with van der Waals surface area (Å²) in [6.07, 6.45) is 1.29. The number of hydrogen-bond donors (Lipinski definition) is 6. The molecule has 1 fully saturated rings. The summed E-state index contributed by atoms with van der Waals surface area (Å²) in [4.78, 5) is 74.2. The van der Waals surface area contributed by atoms with Gasteiger partial charge in [-0.1, -0.05) is 75.6 Å². The van der Waals surface area contributed by atoms with Crippen LogP contribution in [0.4, 0.5) is 4.79 Å². The van der Waals surface area contributed by atoms with Gasteiger partial charge in [-0.2, -0.15) is 0 Å². The van der Waals surface area contributed by atoms with Gasteiger partial charge < -0.3 is 32.1 Å². The average Bonchev–Trinajstić information content (AvgIpc) is 3.76. The molecule has 0 aliphatic heterocycles. The topological polar surface area (TPSA) is 197 Å². The van der Waals surface area contributed by atoms with Crippen LogP contribution in [-0.2, 0) is 30.4 Å². The molecule has 0 saturated heterocycles. The fourth-order valence-electron chi connectivity index (χ4n) is 4.48. The van der Waals surface area contributed by atoms with E-state index in [0.29, 0.717) is 12.8 Å². The summed E-state index contributed by atoms with van der Waals surface area (Å²) >= 11 is 0. The summed E-state index contributed by atoms with van der Waals surface area (Å²) in [6, 6.07) is 9.97. The first-order chi connectivity index (χ1) is 19.5. The lowest BCUT2D eigenvalue weighted by atomic mass is 9.94. The molecule has 12 nitrogen and oxygen atoms in total. The third-order valence-corrected chi connectivity index (χ3v) is 7.24. The van der Waals surface area contributed by atoms with E-state index in [1.807, 2.05) is 42.5 Å². The number of carbonyl (C=O) groups is 6. The number of hydrogen-bond acceptors (Lipinski definition) is 6. The van der Waals surface area contributed by atoms with Gasteiger partial charge in [0.05, 0.1) is 12.6 Å². The lowest BCUT2D eigenvalue weighted by Crippen LogP contribution is -2.56. The Morgan fingerprint density at radius 2 is 1.63 bits per heavy atom. The number of nitrogens with two attached hydrogens (primary N) is 1. The van der Waals surface area contributed by atoms with E-state index < -0.39 is 66.1 Å². The minimum absolute atomic E-state index is 0.132. The van der Waals surface area contributed by atoms with Gasteiger partial charge in [-0.05, 0) is 34.6 Å². The summed E-state index contributed by atoms with van der Waals surface area (Å²) in [5, 5.41) is 20.5. The van der Waals surface area contributed by atoms with Crippen LogP contribution in [0.5, 0.6) is 0 Å². The number of fused-ring (bicyclic) bond motifs is 1. The Labute approximate surface area is 237 Å². The molecule has 1 aliphatic rings. The van der Waals surface area contributed by atoms with Crippen molar-refractivity contribution in [3.63, 3.8) is 0 Å². The minimum Gasteiger partial charge on any atom is -0.465 e. The van der Waals surface area contributed by atoms with Gasteiger partial charge in [0.25, 0.3) is 5.91 Å². The second-order valence-corrected chi connectivity index (χ2v) is 10.5. The number of nitrogens with one attached hydrogen (secondary N) is 4. The first kappa shape index (κ1) is 31.1. The van der Waals surface area contributed by atoms with Gasteiger partial charge in [-0.15, -0.1) is 0 Å². The SMILES string of the molecule is CC[C@H](C)C(NC(=O)[C@H](CC1CC1)NC(=O)O)C(=O)C(=O)NCC(=O)NC(Cc1ccc2ccccc2c1)C(N)=O. The third-order valence-electron chi connectivity index (χ3n) is 7.24. The summed E-state index contributed by atoms with van der Waals surface area (Å²) in [6.45, 7) is 2.85. The number of carboxylic acid groups (broad SMARTS) is 1. The van der Waals surface area contributed by atoms with Crippen molar-refractivity contribution < 1.29 is 33.9 Å². The largest absolute Gasteiger partial charge is 0.465 e. The Bertz CT molecular complexity index is 1310. The molecular weight excluding hydrogens is 530 g/mol. The monoisotopic (exact) mass is 567 g/mol. The molecule has 0 aromatic heterocycles. The Balaban J connectivity index is 1.58. The number of ketones is 1. The summed E-state index contributed by atoms with van der Waals surface area (Å²) in [5.74, 6) is -4.47. The zero-order valence-electron chi connectivity index (χ0n) is 23.1. The second-order valence-electron chi connectivity index (χ2n) is 10.5. The van der Waals surface area contributed by atoms with E-state index in [4.69, 9.17) is 10.8 Å². The highest BCUT2D eigenvalue weighted by Crippen LogP contribution is 2.33. The standard InChI is InChI=1S/C29H37N5O7/c1-3-16(2)24(34-27(38)22(33-29(40)41)13-17-8-9-17)25(36)28(39)31-15-23(35)32-21(26(30)37)14-18-10-11-19-6-4-5-7-20(19)12-18/h4-7,10-12,16-17,21-22,24,33H,3,8-9,13-15H2,1-2H3,(H2,30,37)(H,31,39)(H,32,35)(H,34,38)(H,40,41)/t16-,21?,22-,24?/m0/s1. The number of Topliss-reactive ketones (excluding diaryl/α,β-unsaturated/α-hetero) is 1. The molecule has 2 aromatic rings. The zero-order chi connectivity index (χ0) is 30.1. The highest BCUT2D eigenvalue weighted by atomic mass is 16.4. The van der Waals surface area contributed by atoms with Crippen LogP contribution >= 0.6 is 0 Å². The van der Waals surface area contributed by atoms with Crippen molar-refractivity contribution in [1.29, 1.82) is 0 Å². The van der Waals surface area contributed by atoms with Crippen LogP contribution in [0.2, 0.25) is 0 Å². The van der Waals surface area contributed by atoms with Crippen LogP contribution in [0.15, 0.2) is 42.5 Å². The molecule has 0 heterocycles. The Morgan fingerprint density at radius 3 is 2.24 bits per heavy atom. The molecule has 0 bridgehead atoms. The predicted molar refractivity (Wildman–Crippen MR) is 150 cm³/mol. The van der Waals surface area contributed by atoms with E-state index in [-0.39, 0.29) is 12.3 Å². The quantitative estimate of drug-likeness (QED) is 0.173. The first-order valence-electron chi connectivity index (χ1n) is 13.7. The van der Waals surface area contributed by atoms with Crippen molar-refractivity contribution in [2.45, 2.75) is 64.1 Å². The second kappa shape index (κ2) is 14.2. The molecule has 4 atom stereocenters. The Kier molecular flexibility index (Phi) is 10.8. The van der Waals surface area contributed by atoms with Crippen LogP contribution in [0, 0.1) is 11.8 Å². The van der Waals surface area contributed by atoms with Crippen LogP contribution in [0.1, 0.15) is 45.1 Å². The molecule has 1 saturated carbocycles. The lowest BCUT2D eigenvalue weighted by molar-refractivity contribution is -0.141. The van der Waals surface area contributed by atoms with Crippen molar-refractivity contribution in [3.05, 3.63) is 48.0 Å². The van der Waals surface area contributed by atoms with Crippen LogP contribution < -0.4 is 27.0 Å². The van der Waals surface area contributed by atoms with Crippen molar-refractivity contribution in [1.82, 2.24) is 21.3 Å². The molecule has 41 heavy (non-hydrogen) atoms. The molecule has 3 rings (SSSR count). The number of benzene rings is 2. The van der Waals surface area contributed by atoms with E-state index in [1.54, 1.807) is 13.8 Å². The molecule has 0 radical (unpaired) electrons. The van der Waals surface area contributed by atoms with E-state index in [9.17, 15) is 28.8 Å². The van der Waals surface area contributed by atoms with E-state index >= 15 is 0 Å². The number of amides is 5. The van der Waals surface area contributed by atoms with Gasteiger partial charge in [-0.25, -0.2) is 4.79 Å². The molecule has 0 spiro atoms. The molecule has 2 unspecified atom stereocenters. The number of primary amides is 1. The lowest BCUT2D eigenvalue weighted by Gasteiger charge is -2.25. The summed E-state index contributed by atoms with van der Waals surface area (Å²) in [5.41, 5.74) is 6.27. The van der Waals surface area contributed by atoms with Crippen LogP contribution in [0.25, 0.3) is 10.8 Å². The normalized spacial score (nSPS) is 15.6. The Hall–Kier alpha value is -4.48. The number of carbonyl (C=O) groups excluding carboxylic acids is 5. The van der Waals surface area contributed by atoms with Gasteiger partial charge in [-0.3, -0.25) is 24.0 Å².